The maximum atomic E-state index is 11.5. The lowest BCUT2D eigenvalue weighted by Crippen LogP contribution is -2.22. The van der Waals surface area contributed by atoms with Crippen LogP contribution in [0.3, 0.4) is 0 Å². The van der Waals surface area contributed by atoms with E-state index in [0.717, 1.165) is 0 Å². The monoisotopic (exact) mass is 213 g/mol. The van der Waals surface area contributed by atoms with E-state index in [2.05, 4.69) is 0 Å². The highest BCUT2D eigenvalue weighted by atomic mass is 35.5. The number of carbonyl (C=O) groups is 1. The molecule has 0 aromatic carbocycles. The smallest absolute Gasteiger partial charge is 0.254 e. The molecule has 1 heterocycles. The van der Waals surface area contributed by atoms with Crippen LogP contribution in [0.15, 0.2) is 10.9 Å². The second kappa shape index (κ2) is 3.96. The molecule has 0 saturated heterocycles. The zero-order valence-electron chi connectivity index (χ0n) is 8.43. The first kappa shape index (κ1) is 11.0. The Labute approximate surface area is 87.3 Å². The molecule has 76 valence electrons. The van der Waals surface area contributed by atoms with E-state index in [4.69, 9.17) is 11.6 Å². The summed E-state index contributed by atoms with van der Waals surface area (Å²) >= 11 is 5.89. The summed E-state index contributed by atoms with van der Waals surface area (Å²) in [4.78, 5) is 22.9. The lowest BCUT2D eigenvalue weighted by Gasteiger charge is -2.07. The van der Waals surface area contributed by atoms with Gasteiger partial charge in [0.1, 0.15) is 5.15 Å². The molecule has 0 fully saturated rings. The third-order valence-corrected chi connectivity index (χ3v) is 2.60. The fourth-order valence-corrected chi connectivity index (χ4v) is 1.49. The number of halogens is 1. The van der Waals surface area contributed by atoms with Crippen LogP contribution in [-0.4, -0.2) is 10.4 Å². The first-order chi connectivity index (χ1) is 6.49. The average molecular weight is 214 g/mol. The number of rotatable bonds is 2. The Kier molecular flexibility index (Phi) is 3.11. The molecule has 0 spiro atoms. The van der Waals surface area contributed by atoms with E-state index < -0.39 is 0 Å². The number of ketones is 1. The molecule has 1 aromatic heterocycles. The lowest BCUT2D eigenvalue weighted by atomic mass is 10.1. The van der Waals surface area contributed by atoms with E-state index in [-0.39, 0.29) is 16.5 Å². The number of nitrogens with zero attached hydrogens (tertiary/aromatic N) is 1. The average Bonchev–Trinajstić information content (AvgIpc) is 2.19. The van der Waals surface area contributed by atoms with Crippen molar-refractivity contribution in [3.05, 3.63) is 32.7 Å². The van der Waals surface area contributed by atoms with Crippen LogP contribution in [0.4, 0.5) is 0 Å². The first-order valence-electron chi connectivity index (χ1n) is 4.38. The highest BCUT2D eigenvalue weighted by molar-refractivity contribution is 6.32. The van der Waals surface area contributed by atoms with Gasteiger partial charge in [0.25, 0.3) is 5.56 Å². The molecular weight excluding hydrogens is 202 g/mol. The SMILES string of the molecule is CCC(=O)c1cc(C)c(=O)n(C)c1Cl. The number of Topliss-reactive ketones (excluding diaryl/α,β-unsaturated/α-hetero) is 1. The van der Waals surface area contributed by atoms with Crippen molar-refractivity contribution >= 4 is 17.4 Å². The molecule has 0 bridgehead atoms. The highest BCUT2D eigenvalue weighted by Crippen LogP contribution is 2.15. The molecule has 0 aliphatic rings. The van der Waals surface area contributed by atoms with Gasteiger partial charge < -0.3 is 4.57 Å². The Hall–Kier alpha value is -1.09. The molecule has 0 atom stereocenters. The zero-order valence-corrected chi connectivity index (χ0v) is 9.18. The van der Waals surface area contributed by atoms with Crippen LogP contribution in [0.25, 0.3) is 0 Å². The summed E-state index contributed by atoms with van der Waals surface area (Å²) in [5.74, 6) is -0.0475. The molecule has 14 heavy (non-hydrogen) atoms. The second-order valence-electron chi connectivity index (χ2n) is 3.17. The van der Waals surface area contributed by atoms with E-state index in [1.54, 1.807) is 27.0 Å². The summed E-state index contributed by atoms with van der Waals surface area (Å²) < 4.78 is 1.29. The molecular formula is C10H12ClNO2. The van der Waals surface area contributed by atoms with Gasteiger partial charge in [-0.15, -0.1) is 0 Å². The third kappa shape index (κ3) is 1.73. The second-order valence-corrected chi connectivity index (χ2v) is 3.53. The molecule has 1 aromatic rings. The van der Waals surface area contributed by atoms with Gasteiger partial charge in [-0.1, -0.05) is 18.5 Å². The van der Waals surface area contributed by atoms with Crippen molar-refractivity contribution in [3.8, 4) is 0 Å². The van der Waals surface area contributed by atoms with Crippen LogP contribution < -0.4 is 5.56 Å². The van der Waals surface area contributed by atoms with Gasteiger partial charge >= 0.3 is 0 Å². The molecule has 0 radical (unpaired) electrons. The predicted octanol–water partition coefficient (Wildman–Crippen LogP) is 1.94. The van der Waals surface area contributed by atoms with Crippen LogP contribution in [-0.2, 0) is 7.05 Å². The van der Waals surface area contributed by atoms with E-state index >= 15 is 0 Å². The van der Waals surface area contributed by atoms with Crippen LogP contribution in [0.1, 0.15) is 29.3 Å². The van der Waals surface area contributed by atoms with E-state index in [9.17, 15) is 9.59 Å². The fraction of sp³-hybridized carbons (Fsp3) is 0.400. The van der Waals surface area contributed by atoms with Crippen molar-refractivity contribution in [3.63, 3.8) is 0 Å². The maximum Gasteiger partial charge on any atom is 0.254 e. The van der Waals surface area contributed by atoms with Gasteiger partial charge in [-0.05, 0) is 13.0 Å². The molecule has 0 N–H and O–H groups in total. The molecule has 1 rings (SSSR count). The van der Waals surface area contributed by atoms with Gasteiger partial charge in [0.05, 0.1) is 5.56 Å². The Morgan fingerprint density at radius 2 is 2.14 bits per heavy atom. The van der Waals surface area contributed by atoms with Crippen LogP contribution >= 0.6 is 11.6 Å². The number of hydrogen-bond acceptors (Lipinski definition) is 2. The number of aryl methyl sites for hydroxylation is 1. The summed E-state index contributed by atoms with van der Waals surface area (Å²) in [6, 6.07) is 1.55. The number of carbonyl (C=O) groups excluding carboxylic acids is 1. The van der Waals surface area contributed by atoms with Crippen molar-refractivity contribution < 1.29 is 4.79 Å². The lowest BCUT2D eigenvalue weighted by molar-refractivity contribution is 0.0987. The molecule has 4 heteroatoms. The van der Waals surface area contributed by atoms with Gasteiger partial charge in [0, 0.05) is 19.0 Å². The minimum absolute atomic E-state index is 0.0475. The number of aromatic nitrogens is 1. The molecule has 0 aliphatic heterocycles. The van der Waals surface area contributed by atoms with Crippen LogP contribution in [0, 0.1) is 6.92 Å². The van der Waals surface area contributed by atoms with E-state index in [1.165, 1.54) is 4.57 Å². The van der Waals surface area contributed by atoms with Crippen molar-refractivity contribution in [1.82, 2.24) is 4.57 Å². The summed E-state index contributed by atoms with van der Waals surface area (Å²) in [5.41, 5.74) is 0.796. The fourth-order valence-electron chi connectivity index (χ4n) is 1.26. The van der Waals surface area contributed by atoms with Crippen molar-refractivity contribution in [1.29, 1.82) is 0 Å². The van der Waals surface area contributed by atoms with Gasteiger partial charge in [0.15, 0.2) is 5.78 Å². The molecule has 0 unspecified atom stereocenters. The van der Waals surface area contributed by atoms with Crippen LogP contribution in [0.2, 0.25) is 5.15 Å². The van der Waals surface area contributed by atoms with Crippen LogP contribution in [0.5, 0.6) is 0 Å². The summed E-state index contributed by atoms with van der Waals surface area (Å²) in [7, 11) is 1.56. The summed E-state index contributed by atoms with van der Waals surface area (Å²) in [6.07, 6.45) is 0.386. The summed E-state index contributed by atoms with van der Waals surface area (Å²) in [6.45, 7) is 3.43. The van der Waals surface area contributed by atoms with Crippen molar-refractivity contribution in [2.24, 2.45) is 7.05 Å². The normalized spacial score (nSPS) is 10.3. The Morgan fingerprint density at radius 3 is 2.64 bits per heavy atom. The van der Waals surface area contributed by atoms with Gasteiger partial charge in [-0.2, -0.15) is 0 Å². The van der Waals surface area contributed by atoms with Crippen molar-refractivity contribution in [2.45, 2.75) is 20.3 Å². The largest absolute Gasteiger partial charge is 0.301 e. The third-order valence-electron chi connectivity index (χ3n) is 2.14. The van der Waals surface area contributed by atoms with E-state index in [0.29, 0.717) is 17.5 Å². The number of pyridine rings is 1. The summed E-state index contributed by atoms with van der Waals surface area (Å²) in [5, 5.41) is 0.215. The Balaban J connectivity index is 3.48. The minimum Gasteiger partial charge on any atom is -0.301 e. The van der Waals surface area contributed by atoms with Gasteiger partial charge in [0.2, 0.25) is 0 Å². The molecule has 3 nitrogen and oxygen atoms in total. The maximum absolute atomic E-state index is 11.5. The minimum atomic E-state index is -0.164. The quantitative estimate of drug-likeness (QED) is 0.556. The highest BCUT2D eigenvalue weighted by Gasteiger charge is 2.13. The zero-order chi connectivity index (χ0) is 10.9. The molecule has 0 aliphatic carbocycles. The topological polar surface area (TPSA) is 39.1 Å². The Morgan fingerprint density at radius 1 is 1.57 bits per heavy atom. The molecule has 0 saturated carbocycles. The first-order valence-corrected chi connectivity index (χ1v) is 4.76. The van der Waals surface area contributed by atoms with Gasteiger partial charge in [-0.25, -0.2) is 0 Å². The predicted molar refractivity (Wildman–Crippen MR) is 56.1 cm³/mol. The van der Waals surface area contributed by atoms with E-state index in [1.807, 2.05) is 0 Å². The van der Waals surface area contributed by atoms with Crippen molar-refractivity contribution in [2.75, 3.05) is 0 Å². The van der Waals surface area contributed by atoms with Gasteiger partial charge in [-0.3, -0.25) is 9.59 Å². The molecule has 0 amide bonds. The number of hydrogen-bond donors (Lipinski definition) is 0. The Bertz CT molecular complexity index is 434. The standard InChI is InChI=1S/C10H12ClNO2/c1-4-8(13)7-5-6(2)10(14)12(3)9(7)11/h5H,4H2,1-3H3.